The second-order valence-electron chi connectivity index (χ2n) is 6.65. The van der Waals surface area contributed by atoms with Crippen LogP contribution in [0.25, 0.3) is 0 Å². The van der Waals surface area contributed by atoms with Crippen LogP contribution in [0.3, 0.4) is 0 Å². The molecule has 1 aliphatic carbocycles. The molecule has 2 heterocycles. The smallest absolute Gasteiger partial charge is 0.315 e. The molecule has 1 saturated carbocycles. The number of nitrogens with zero attached hydrogens (tertiary/aromatic N) is 2. The van der Waals surface area contributed by atoms with E-state index in [-0.39, 0.29) is 6.03 Å². The number of amides is 2. The van der Waals surface area contributed by atoms with Gasteiger partial charge in [0.25, 0.3) is 0 Å². The second-order valence-corrected chi connectivity index (χ2v) is 7.49. The van der Waals surface area contributed by atoms with Crippen LogP contribution in [0.4, 0.5) is 9.93 Å². The predicted molar refractivity (Wildman–Crippen MR) is 95.3 cm³/mol. The molecule has 5 nitrogen and oxygen atoms in total. The van der Waals surface area contributed by atoms with Gasteiger partial charge in [-0.25, -0.2) is 9.78 Å². The van der Waals surface area contributed by atoms with E-state index in [2.05, 4.69) is 20.9 Å². The third-order valence-corrected chi connectivity index (χ3v) is 5.72. The molecule has 2 aliphatic rings. The molecule has 2 amide bonds. The first-order valence-electron chi connectivity index (χ1n) is 9.05. The number of urea groups is 1. The number of rotatable bonds is 5. The van der Waals surface area contributed by atoms with Crippen molar-refractivity contribution >= 4 is 22.5 Å². The Hall–Kier alpha value is -1.30. The second kappa shape index (κ2) is 8.52. The van der Waals surface area contributed by atoms with E-state index in [1.165, 1.54) is 38.5 Å². The summed E-state index contributed by atoms with van der Waals surface area (Å²) in [7, 11) is 0. The molecule has 3 rings (SSSR count). The lowest BCUT2D eigenvalue weighted by atomic mass is 9.96. The van der Waals surface area contributed by atoms with Crippen molar-refractivity contribution in [2.45, 2.75) is 63.8 Å². The summed E-state index contributed by atoms with van der Waals surface area (Å²) < 4.78 is 0. The van der Waals surface area contributed by atoms with E-state index >= 15 is 0 Å². The van der Waals surface area contributed by atoms with Gasteiger partial charge in [-0.05, 0) is 32.1 Å². The molecule has 1 aromatic heterocycles. The topological polar surface area (TPSA) is 57.3 Å². The number of hydrogen-bond donors (Lipinski definition) is 2. The van der Waals surface area contributed by atoms with E-state index in [1.54, 1.807) is 11.3 Å². The van der Waals surface area contributed by atoms with Crippen molar-refractivity contribution in [2.75, 3.05) is 24.5 Å². The molecule has 2 fully saturated rings. The first-order valence-corrected chi connectivity index (χ1v) is 9.93. The van der Waals surface area contributed by atoms with Gasteiger partial charge in [-0.15, -0.1) is 11.3 Å². The van der Waals surface area contributed by atoms with Gasteiger partial charge in [0.1, 0.15) is 0 Å². The monoisotopic (exact) mass is 336 g/mol. The minimum atomic E-state index is -0.0246. The molecule has 1 aliphatic heterocycles. The standard InChI is InChI=1S/C17H28N4OS/c22-16(19-14-7-3-1-4-8-14)18-10-9-15-13-23-17(20-15)21-11-5-2-6-12-21/h13-14H,1-12H2,(H2,18,19,22). The molecule has 1 saturated heterocycles. The fraction of sp³-hybridized carbons (Fsp3) is 0.765. The molecule has 0 aromatic carbocycles. The van der Waals surface area contributed by atoms with Crippen LogP contribution in [0.5, 0.6) is 0 Å². The number of aromatic nitrogens is 1. The minimum Gasteiger partial charge on any atom is -0.348 e. The van der Waals surface area contributed by atoms with E-state index in [9.17, 15) is 4.79 Å². The zero-order chi connectivity index (χ0) is 15.9. The van der Waals surface area contributed by atoms with E-state index in [1.807, 2.05) is 0 Å². The van der Waals surface area contributed by atoms with E-state index in [4.69, 9.17) is 4.98 Å². The maximum atomic E-state index is 11.9. The van der Waals surface area contributed by atoms with Gasteiger partial charge in [-0.3, -0.25) is 0 Å². The van der Waals surface area contributed by atoms with Gasteiger partial charge in [-0.2, -0.15) is 0 Å². The Morgan fingerprint density at radius 2 is 1.91 bits per heavy atom. The lowest BCUT2D eigenvalue weighted by molar-refractivity contribution is 0.233. The molecule has 0 radical (unpaired) electrons. The number of carbonyl (C=O) groups is 1. The number of hydrogen-bond acceptors (Lipinski definition) is 4. The molecular weight excluding hydrogens is 308 g/mol. The highest BCUT2D eigenvalue weighted by Gasteiger charge is 2.16. The molecule has 23 heavy (non-hydrogen) atoms. The summed E-state index contributed by atoms with van der Waals surface area (Å²) in [5, 5.41) is 9.33. The summed E-state index contributed by atoms with van der Waals surface area (Å²) in [6.07, 6.45) is 10.7. The predicted octanol–water partition coefficient (Wildman–Crippen LogP) is 3.31. The average Bonchev–Trinajstić information content (AvgIpc) is 3.05. The van der Waals surface area contributed by atoms with Crippen LogP contribution >= 0.6 is 11.3 Å². The molecule has 2 N–H and O–H groups in total. The first-order chi connectivity index (χ1) is 11.3. The fourth-order valence-electron chi connectivity index (χ4n) is 3.43. The van der Waals surface area contributed by atoms with Gasteiger partial charge < -0.3 is 15.5 Å². The number of nitrogens with one attached hydrogen (secondary N) is 2. The van der Waals surface area contributed by atoms with Crippen molar-refractivity contribution in [1.82, 2.24) is 15.6 Å². The van der Waals surface area contributed by atoms with Crippen molar-refractivity contribution in [3.05, 3.63) is 11.1 Å². The van der Waals surface area contributed by atoms with Crippen LogP contribution in [0.1, 0.15) is 57.1 Å². The Labute approximate surface area is 142 Å². The average molecular weight is 337 g/mol. The third-order valence-electron chi connectivity index (χ3n) is 4.77. The van der Waals surface area contributed by atoms with E-state index in [0.717, 1.165) is 43.2 Å². The zero-order valence-electron chi connectivity index (χ0n) is 13.9. The summed E-state index contributed by atoms with van der Waals surface area (Å²) in [5.74, 6) is 0. The normalized spacial score (nSPS) is 19.6. The lowest BCUT2D eigenvalue weighted by Crippen LogP contribution is -2.43. The third kappa shape index (κ3) is 5.09. The molecule has 1 aromatic rings. The number of anilines is 1. The Morgan fingerprint density at radius 1 is 1.17 bits per heavy atom. The van der Waals surface area contributed by atoms with Gasteiger partial charge >= 0.3 is 6.03 Å². The maximum absolute atomic E-state index is 11.9. The van der Waals surface area contributed by atoms with Crippen molar-refractivity contribution < 1.29 is 4.79 Å². The van der Waals surface area contributed by atoms with Gasteiger partial charge in [0.2, 0.25) is 0 Å². The molecule has 6 heteroatoms. The Morgan fingerprint density at radius 3 is 2.70 bits per heavy atom. The van der Waals surface area contributed by atoms with Gasteiger partial charge in [0.15, 0.2) is 5.13 Å². The maximum Gasteiger partial charge on any atom is 0.315 e. The lowest BCUT2D eigenvalue weighted by Gasteiger charge is -2.25. The summed E-state index contributed by atoms with van der Waals surface area (Å²) >= 11 is 1.73. The Balaban J connectivity index is 1.36. The Bertz CT molecular complexity index is 493. The van der Waals surface area contributed by atoms with Crippen LogP contribution < -0.4 is 15.5 Å². The van der Waals surface area contributed by atoms with Crippen LogP contribution in [0.15, 0.2) is 5.38 Å². The van der Waals surface area contributed by atoms with E-state index in [0.29, 0.717) is 12.6 Å². The summed E-state index contributed by atoms with van der Waals surface area (Å²) in [4.78, 5) is 19.0. The van der Waals surface area contributed by atoms with Crippen LogP contribution in [-0.4, -0.2) is 36.7 Å². The Kier molecular flexibility index (Phi) is 6.13. The number of carbonyl (C=O) groups excluding carboxylic acids is 1. The van der Waals surface area contributed by atoms with Crippen molar-refractivity contribution in [1.29, 1.82) is 0 Å². The molecule has 0 unspecified atom stereocenters. The SMILES string of the molecule is O=C(NCCc1csc(N2CCCCC2)n1)NC1CCCCC1. The highest BCUT2D eigenvalue weighted by molar-refractivity contribution is 7.13. The number of thiazole rings is 1. The molecule has 128 valence electrons. The minimum absolute atomic E-state index is 0.0246. The molecule has 0 atom stereocenters. The quantitative estimate of drug-likeness (QED) is 0.867. The summed E-state index contributed by atoms with van der Waals surface area (Å²) in [6, 6.07) is 0.345. The first kappa shape index (κ1) is 16.6. The van der Waals surface area contributed by atoms with Crippen molar-refractivity contribution in [3.8, 4) is 0 Å². The van der Waals surface area contributed by atoms with Crippen LogP contribution in [-0.2, 0) is 6.42 Å². The highest BCUT2D eigenvalue weighted by Crippen LogP contribution is 2.24. The van der Waals surface area contributed by atoms with Crippen molar-refractivity contribution in [3.63, 3.8) is 0 Å². The highest BCUT2D eigenvalue weighted by atomic mass is 32.1. The van der Waals surface area contributed by atoms with Gasteiger partial charge in [0.05, 0.1) is 5.69 Å². The molecule has 0 spiro atoms. The summed E-state index contributed by atoms with van der Waals surface area (Å²) in [5.41, 5.74) is 1.09. The van der Waals surface area contributed by atoms with Gasteiger partial charge in [0, 0.05) is 37.5 Å². The summed E-state index contributed by atoms with van der Waals surface area (Å²) in [6.45, 7) is 2.92. The largest absolute Gasteiger partial charge is 0.348 e. The fourth-order valence-corrected chi connectivity index (χ4v) is 4.34. The number of piperidine rings is 1. The molecular formula is C17H28N4OS. The van der Waals surface area contributed by atoms with E-state index < -0.39 is 0 Å². The van der Waals surface area contributed by atoms with Gasteiger partial charge in [-0.1, -0.05) is 19.3 Å². The molecule has 0 bridgehead atoms. The van der Waals surface area contributed by atoms with Crippen molar-refractivity contribution in [2.24, 2.45) is 0 Å². The van der Waals surface area contributed by atoms with Crippen LogP contribution in [0, 0.1) is 0 Å². The van der Waals surface area contributed by atoms with Crippen LogP contribution in [0.2, 0.25) is 0 Å². The zero-order valence-corrected chi connectivity index (χ0v) is 14.7.